The Kier molecular flexibility index (Phi) is 5.37. The van der Waals surface area contributed by atoms with Crippen LogP contribution in [0.25, 0.3) is 10.9 Å². The first-order valence-electron chi connectivity index (χ1n) is 9.54. The molecular weight excluding hydrogens is 420 g/mol. The Bertz CT molecular complexity index is 1400. The molecule has 4 rings (SSSR count). The Morgan fingerprint density at radius 2 is 1.55 bits per heavy atom. The van der Waals surface area contributed by atoms with Gasteiger partial charge in [-0.1, -0.05) is 31.2 Å². The predicted octanol–water partition coefficient (Wildman–Crippen LogP) is 5.14. The van der Waals surface area contributed by atoms with Crippen molar-refractivity contribution in [3.8, 4) is 0 Å². The number of carbonyl (C=O) groups is 1. The highest BCUT2D eigenvalue weighted by molar-refractivity contribution is 7.91. The molecule has 0 N–H and O–H groups in total. The largest absolute Gasteiger partial charge is 0.289 e. The summed E-state index contributed by atoms with van der Waals surface area (Å²) in [6.45, 7) is 1.98. The zero-order valence-corrected chi connectivity index (χ0v) is 17.3. The first-order valence-corrected chi connectivity index (χ1v) is 11.0. The highest BCUT2D eigenvalue weighted by Gasteiger charge is 2.28. The molecule has 0 fully saturated rings. The van der Waals surface area contributed by atoms with E-state index in [4.69, 9.17) is 0 Å². The number of hydrogen-bond acceptors (Lipinski definition) is 4. The Balaban J connectivity index is 2.00. The summed E-state index contributed by atoms with van der Waals surface area (Å²) in [7, 11) is -4.29. The van der Waals surface area contributed by atoms with E-state index in [-0.39, 0.29) is 31.8 Å². The minimum atomic E-state index is -4.29. The Hall–Kier alpha value is -3.45. The van der Waals surface area contributed by atoms with E-state index in [0.717, 1.165) is 48.4 Å². The monoisotopic (exact) mass is 437 g/mol. The lowest BCUT2D eigenvalue weighted by Gasteiger charge is -2.13. The molecular formula is C24H17F2NO3S. The quantitative estimate of drug-likeness (QED) is 0.320. The van der Waals surface area contributed by atoms with Gasteiger partial charge in [-0.15, -0.1) is 0 Å². The van der Waals surface area contributed by atoms with Crippen molar-refractivity contribution >= 4 is 26.5 Å². The van der Waals surface area contributed by atoms with Gasteiger partial charge in [0.25, 0.3) is 0 Å². The van der Waals surface area contributed by atoms with Gasteiger partial charge in [-0.05, 0) is 54.4 Å². The molecule has 0 radical (unpaired) electrons. The number of fused-ring (bicyclic) bond motifs is 1. The molecule has 4 nitrogen and oxygen atoms in total. The van der Waals surface area contributed by atoms with Crippen LogP contribution in [0.15, 0.2) is 82.7 Å². The van der Waals surface area contributed by atoms with Gasteiger partial charge in [0, 0.05) is 17.1 Å². The number of hydrogen-bond donors (Lipinski definition) is 0. The van der Waals surface area contributed by atoms with Crippen LogP contribution in [0.5, 0.6) is 0 Å². The van der Waals surface area contributed by atoms with Crippen molar-refractivity contribution in [1.29, 1.82) is 0 Å². The number of sulfone groups is 1. The molecule has 0 amide bonds. The summed E-state index contributed by atoms with van der Waals surface area (Å²) >= 11 is 0. The fourth-order valence-corrected chi connectivity index (χ4v) is 4.99. The molecule has 1 aromatic heterocycles. The maximum absolute atomic E-state index is 14.0. The molecule has 0 saturated heterocycles. The van der Waals surface area contributed by atoms with E-state index < -0.39 is 27.3 Å². The maximum Gasteiger partial charge on any atom is 0.208 e. The van der Waals surface area contributed by atoms with E-state index in [9.17, 15) is 22.0 Å². The normalized spacial score (nSPS) is 11.6. The lowest BCUT2D eigenvalue weighted by atomic mass is 10.0. The molecule has 31 heavy (non-hydrogen) atoms. The molecule has 4 aromatic rings. The molecule has 0 bridgehead atoms. The molecule has 0 aliphatic heterocycles. The van der Waals surface area contributed by atoms with Gasteiger partial charge in [-0.25, -0.2) is 17.2 Å². The molecule has 0 aliphatic rings. The van der Waals surface area contributed by atoms with Crippen LogP contribution in [-0.2, 0) is 16.3 Å². The number of benzene rings is 3. The molecule has 0 unspecified atom stereocenters. The van der Waals surface area contributed by atoms with E-state index in [1.165, 1.54) is 12.3 Å². The van der Waals surface area contributed by atoms with E-state index >= 15 is 0 Å². The Labute approximate surface area is 178 Å². The van der Waals surface area contributed by atoms with Crippen molar-refractivity contribution in [3.05, 3.63) is 101 Å². The Morgan fingerprint density at radius 3 is 2.19 bits per heavy atom. The molecule has 3 aromatic carbocycles. The first-order chi connectivity index (χ1) is 14.8. The second-order valence-corrected chi connectivity index (χ2v) is 8.89. The Morgan fingerprint density at radius 1 is 0.903 bits per heavy atom. The number of pyridine rings is 1. The molecule has 156 valence electrons. The number of rotatable bonds is 5. The van der Waals surface area contributed by atoms with Crippen LogP contribution in [0.1, 0.15) is 28.4 Å². The zero-order valence-electron chi connectivity index (χ0n) is 16.5. The minimum Gasteiger partial charge on any atom is -0.289 e. The van der Waals surface area contributed by atoms with Crippen molar-refractivity contribution in [3.63, 3.8) is 0 Å². The lowest BCUT2D eigenvalue weighted by molar-refractivity contribution is 0.103. The van der Waals surface area contributed by atoms with Crippen LogP contribution in [-0.4, -0.2) is 19.2 Å². The number of carbonyl (C=O) groups excluding carboxylic acids is 1. The van der Waals surface area contributed by atoms with Crippen molar-refractivity contribution < 1.29 is 22.0 Å². The number of nitrogens with zero attached hydrogens (tertiary/aromatic N) is 1. The van der Waals surface area contributed by atoms with E-state index in [2.05, 4.69) is 4.98 Å². The third kappa shape index (κ3) is 3.84. The van der Waals surface area contributed by atoms with Gasteiger partial charge in [0.2, 0.25) is 9.84 Å². The maximum atomic E-state index is 14.0. The summed E-state index contributed by atoms with van der Waals surface area (Å²) in [5.41, 5.74) is 1.35. The van der Waals surface area contributed by atoms with Gasteiger partial charge in [0.05, 0.1) is 20.9 Å². The second kappa shape index (κ2) is 8.00. The van der Waals surface area contributed by atoms with E-state index in [0.29, 0.717) is 0 Å². The smallest absolute Gasteiger partial charge is 0.208 e. The van der Waals surface area contributed by atoms with Crippen molar-refractivity contribution in [2.45, 2.75) is 23.1 Å². The fourth-order valence-electron chi connectivity index (χ4n) is 3.37. The number of halogens is 2. The summed E-state index contributed by atoms with van der Waals surface area (Å²) in [6.07, 6.45) is 1.97. The summed E-state index contributed by atoms with van der Waals surface area (Å²) in [5.74, 6) is -1.82. The third-order valence-corrected chi connectivity index (χ3v) is 6.91. The van der Waals surface area contributed by atoms with Crippen molar-refractivity contribution in [2.75, 3.05) is 0 Å². The molecule has 0 aliphatic carbocycles. The van der Waals surface area contributed by atoms with E-state index in [1.807, 2.05) is 6.92 Å². The van der Waals surface area contributed by atoms with Crippen molar-refractivity contribution in [2.24, 2.45) is 0 Å². The predicted molar refractivity (Wildman–Crippen MR) is 113 cm³/mol. The van der Waals surface area contributed by atoms with Gasteiger partial charge >= 0.3 is 0 Å². The molecule has 0 atom stereocenters. The number of ketones is 1. The molecule has 1 heterocycles. The van der Waals surface area contributed by atoms with Gasteiger partial charge < -0.3 is 0 Å². The standard InChI is InChI=1S/C24H17F2NO3S/c1-2-15-3-5-16(6-4-15)23(28)21-14-27-22-12-9-18(26)13-20(22)24(21)31(29,30)19-10-7-17(25)8-11-19/h3-14H,2H2,1H3. The van der Waals surface area contributed by atoms with Crippen LogP contribution in [0.4, 0.5) is 8.78 Å². The minimum absolute atomic E-state index is 0.0136. The first kappa shape index (κ1) is 20.8. The van der Waals surface area contributed by atoms with Gasteiger partial charge in [-0.2, -0.15) is 0 Å². The third-order valence-electron chi connectivity index (χ3n) is 5.04. The number of aryl methyl sites for hydroxylation is 1. The molecule has 0 spiro atoms. The second-order valence-electron chi connectivity index (χ2n) is 7.00. The van der Waals surface area contributed by atoms with Crippen LogP contribution < -0.4 is 0 Å². The van der Waals surface area contributed by atoms with Gasteiger partial charge in [0.15, 0.2) is 5.78 Å². The highest BCUT2D eigenvalue weighted by atomic mass is 32.2. The topological polar surface area (TPSA) is 64.1 Å². The summed E-state index contributed by atoms with van der Waals surface area (Å²) in [6, 6.07) is 14.6. The molecule has 0 saturated carbocycles. The SMILES string of the molecule is CCc1ccc(C(=O)c2cnc3ccc(F)cc3c2S(=O)(=O)c2ccc(F)cc2)cc1. The van der Waals surface area contributed by atoms with Gasteiger partial charge in [0.1, 0.15) is 11.6 Å². The lowest BCUT2D eigenvalue weighted by Crippen LogP contribution is -2.13. The van der Waals surface area contributed by atoms with Crippen LogP contribution in [0.2, 0.25) is 0 Å². The van der Waals surface area contributed by atoms with Crippen LogP contribution >= 0.6 is 0 Å². The van der Waals surface area contributed by atoms with Crippen LogP contribution in [0, 0.1) is 11.6 Å². The number of aromatic nitrogens is 1. The van der Waals surface area contributed by atoms with Crippen molar-refractivity contribution in [1.82, 2.24) is 4.98 Å². The summed E-state index contributed by atoms with van der Waals surface area (Å²) in [5, 5.41) is -0.0136. The van der Waals surface area contributed by atoms with E-state index in [1.54, 1.807) is 24.3 Å². The summed E-state index contributed by atoms with van der Waals surface area (Å²) < 4.78 is 54.4. The highest BCUT2D eigenvalue weighted by Crippen LogP contribution is 2.32. The summed E-state index contributed by atoms with van der Waals surface area (Å²) in [4.78, 5) is 16.9. The fraction of sp³-hybridized carbons (Fsp3) is 0.0833. The van der Waals surface area contributed by atoms with Crippen LogP contribution in [0.3, 0.4) is 0 Å². The zero-order chi connectivity index (χ0) is 22.2. The average molecular weight is 437 g/mol. The van der Waals surface area contributed by atoms with Gasteiger partial charge in [-0.3, -0.25) is 9.78 Å². The average Bonchev–Trinajstić information content (AvgIpc) is 2.78. The molecule has 7 heteroatoms.